The normalized spacial score (nSPS) is 10.4. The van der Waals surface area contributed by atoms with Crippen molar-refractivity contribution in [2.45, 2.75) is 0 Å². The van der Waals surface area contributed by atoms with E-state index in [1.807, 2.05) is 0 Å². The summed E-state index contributed by atoms with van der Waals surface area (Å²) in [4.78, 5) is 11.3. The second-order valence-electron chi connectivity index (χ2n) is 4.44. The van der Waals surface area contributed by atoms with Gasteiger partial charge in [-0.25, -0.2) is 9.48 Å². The van der Waals surface area contributed by atoms with Crippen LogP contribution in [0.2, 0.25) is 0 Å². The van der Waals surface area contributed by atoms with Gasteiger partial charge < -0.3 is 9.84 Å². The summed E-state index contributed by atoms with van der Waals surface area (Å²) in [6.45, 7) is 0. The van der Waals surface area contributed by atoms with E-state index >= 15 is 0 Å². The van der Waals surface area contributed by atoms with Crippen LogP contribution in [0.3, 0.4) is 0 Å². The van der Waals surface area contributed by atoms with Gasteiger partial charge in [0.2, 0.25) is 5.95 Å². The van der Waals surface area contributed by atoms with Gasteiger partial charge in [0.25, 0.3) is 5.88 Å². The summed E-state index contributed by atoms with van der Waals surface area (Å²) in [6.07, 6.45) is 0. The molecule has 3 aromatic rings. The molecule has 0 unspecified atom stereocenters. The van der Waals surface area contributed by atoms with Crippen molar-refractivity contribution in [3.8, 4) is 17.3 Å². The number of carbonyl (C=O) groups is 1. The minimum absolute atomic E-state index is 0.292. The van der Waals surface area contributed by atoms with Crippen LogP contribution in [0.5, 0.6) is 11.6 Å². The smallest absolute Gasteiger partial charge is 0.346 e. The third-order valence-corrected chi connectivity index (χ3v) is 2.97. The topological polar surface area (TPSA) is 64.3 Å². The summed E-state index contributed by atoms with van der Waals surface area (Å²) >= 11 is 0. The number of nitrogens with zero attached hydrogens (tertiary/aromatic N) is 2. The van der Waals surface area contributed by atoms with Crippen molar-refractivity contribution in [1.29, 1.82) is 0 Å². The van der Waals surface area contributed by atoms with Gasteiger partial charge in [-0.15, -0.1) is 5.10 Å². The van der Waals surface area contributed by atoms with Crippen molar-refractivity contribution in [1.82, 2.24) is 9.78 Å². The van der Waals surface area contributed by atoms with E-state index in [9.17, 15) is 14.3 Å². The lowest BCUT2D eigenvalue weighted by atomic mass is 10.3. The lowest BCUT2D eigenvalue weighted by Crippen LogP contribution is -2.03. The number of aromatic nitrogens is 2. The zero-order valence-electron chi connectivity index (χ0n) is 11.3. The van der Waals surface area contributed by atoms with E-state index in [-0.39, 0.29) is 5.88 Å². The number of ether oxygens (including phenoxy) is 1. The van der Waals surface area contributed by atoms with Crippen LogP contribution in [0.15, 0.2) is 60.7 Å². The molecule has 0 fully saturated rings. The molecule has 0 spiro atoms. The Hall–Kier alpha value is -3.15. The van der Waals surface area contributed by atoms with Gasteiger partial charge in [0.15, 0.2) is 5.56 Å². The van der Waals surface area contributed by atoms with E-state index in [2.05, 4.69) is 5.10 Å². The van der Waals surface area contributed by atoms with E-state index in [1.54, 1.807) is 60.7 Å². The average Bonchev–Trinajstić information content (AvgIpc) is 2.85. The average molecular weight is 298 g/mol. The van der Waals surface area contributed by atoms with Crippen molar-refractivity contribution in [3.63, 3.8) is 0 Å². The van der Waals surface area contributed by atoms with Gasteiger partial charge in [-0.3, -0.25) is 0 Å². The van der Waals surface area contributed by atoms with Crippen LogP contribution in [0.25, 0.3) is 5.69 Å². The van der Waals surface area contributed by atoms with Gasteiger partial charge in [-0.1, -0.05) is 36.4 Å². The number of halogens is 1. The van der Waals surface area contributed by atoms with Crippen molar-refractivity contribution in [2.75, 3.05) is 0 Å². The standard InChI is InChI=1S/C16H11FN2O3/c17-14-13(16(20)21)15(22-12-9-5-2-6-10-12)18-19(14)11-7-3-1-4-8-11/h1-10H,(H,20,21). The monoisotopic (exact) mass is 298 g/mol. The van der Waals surface area contributed by atoms with E-state index in [0.29, 0.717) is 11.4 Å². The maximum atomic E-state index is 14.4. The maximum Gasteiger partial charge on any atom is 0.346 e. The van der Waals surface area contributed by atoms with Crippen molar-refractivity contribution >= 4 is 5.97 Å². The molecule has 6 heteroatoms. The Morgan fingerprint density at radius 3 is 2.23 bits per heavy atom. The Balaban J connectivity index is 2.08. The molecule has 0 aliphatic rings. The summed E-state index contributed by atoms with van der Waals surface area (Å²) in [5.74, 6) is -2.34. The molecule has 0 atom stereocenters. The first kappa shape index (κ1) is 13.8. The van der Waals surface area contributed by atoms with E-state index < -0.39 is 17.5 Å². The molecule has 1 aromatic heterocycles. The number of para-hydroxylation sites is 2. The van der Waals surface area contributed by atoms with Gasteiger partial charge in [0, 0.05) is 0 Å². The van der Waals surface area contributed by atoms with Gasteiger partial charge >= 0.3 is 5.97 Å². The molecule has 0 amide bonds. The molecular formula is C16H11FN2O3. The zero-order valence-corrected chi connectivity index (χ0v) is 11.3. The fourth-order valence-electron chi connectivity index (χ4n) is 1.97. The van der Waals surface area contributed by atoms with Crippen LogP contribution in [0, 0.1) is 5.95 Å². The van der Waals surface area contributed by atoms with Crippen LogP contribution in [-0.2, 0) is 0 Å². The fourth-order valence-corrected chi connectivity index (χ4v) is 1.97. The van der Waals surface area contributed by atoms with Crippen LogP contribution in [-0.4, -0.2) is 20.9 Å². The van der Waals surface area contributed by atoms with Gasteiger partial charge in [-0.05, 0) is 24.3 Å². The summed E-state index contributed by atoms with van der Waals surface area (Å²) in [6, 6.07) is 16.9. The van der Waals surface area contributed by atoms with Crippen LogP contribution in [0.1, 0.15) is 10.4 Å². The highest BCUT2D eigenvalue weighted by atomic mass is 19.1. The highest BCUT2D eigenvalue weighted by molar-refractivity contribution is 5.90. The Bertz CT molecular complexity index is 801. The fraction of sp³-hybridized carbons (Fsp3) is 0. The van der Waals surface area contributed by atoms with Crippen LogP contribution >= 0.6 is 0 Å². The molecule has 22 heavy (non-hydrogen) atoms. The second kappa shape index (κ2) is 5.69. The molecule has 1 heterocycles. The minimum Gasteiger partial charge on any atom is -0.477 e. The second-order valence-corrected chi connectivity index (χ2v) is 4.44. The van der Waals surface area contributed by atoms with Crippen molar-refractivity contribution in [2.24, 2.45) is 0 Å². The predicted molar refractivity (Wildman–Crippen MR) is 77.0 cm³/mol. The van der Waals surface area contributed by atoms with Crippen molar-refractivity contribution in [3.05, 3.63) is 72.2 Å². The number of carboxylic acids is 1. The lowest BCUT2D eigenvalue weighted by Gasteiger charge is -2.02. The summed E-state index contributed by atoms with van der Waals surface area (Å²) in [5.41, 5.74) is -0.196. The lowest BCUT2D eigenvalue weighted by molar-refractivity contribution is 0.0689. The molecule has 2 aromatic carbocycles. The number of hydrogen-bond acceptors (Lipinski definition) is 3. The molecule has 3 rings (SSSR count). The molecule has 0 saturated carbocycles. The maximum absolute atomic E-state index is 14.4. The van der Waals surface area contributed by atoms with Gasteiger partial charge in [-0.2, -0.15) is 4.39 Å². The molecule has 110 valence electrons. The molecule has 0 radical (unpaired) electrons. The Morgan fingerprint density at radius 1 is 1.05 bits per heavy atom. The molecule has 0 aliphatic heterocycles. The molecule has 0 bridgehead atoms. The van der Waals surface area contributed by atoms with E-state index in [0.717, 1.165) is 4.68 Å². The first-order chi connectivity index (χ1) is 10.7. The highest BCUT2D eigenvalue weighted by Crippen LogP contribution is 2.27. The number of benzene rings is 2. The third-order valence-electron chi connectivity index (χ3n) is 2.97. The summed E-state index contributed by atoms with van der Waals surface area (Å²) < 4.78 is 20.7. The quantitative estimate of drug-likeness (QED) is 0.800. The molecular weight excluding hydrogens is 287 g/mol. The molecule has 5 nitrogen and oxygen atoms in total. The summed E-state index contributed by atoms with van der Waals surface area (Å²) in [5, 5.41) is 13.1. The van der Waals surface area contributed by atoms with Crippen LogP contribution < -0.4 is 4.74 Å². The van der Waals surface area contributed by atoms with Crippen LogP contribution in [0.4, 0.5) is 4.39 Å². The molecule has 0 saturated heterocycles. The Kier molecular flexibility index (Phi) is 3.57. The third kappa shape index (κ3) is 2.54. The largest absolute Gasteiger partial charge is 0.477 e. The van der Waals surface area contributed by atoms with Gasteiger partial charge in [0.05, 0.1) is 5.69 Å². The molecule has 1 N–H and O–H groups in total. The first-order valence-corrected chi connectivity index (χ1v) is 6.47. The van der Waals surface area contributed by atoms with Gasteiger partial charge in [0.1, 0.15) is 5.75 Å². The number of aromatic carboxylic acids is 1. The molecule has 0 aliphatic carbocycles. The number of carboxylic acid groups (broad SMARTS) is 1. The first-order valence-electron chi connectivity index (χ1n) is 6.47. The highest BCUT2D eigenvalue weighted by Gasteiger charge is 2.26. The van der Waals surface area contributed by atoms with E-state index in [1.165, 1.54) is 0 Å². The summed E-state index contributed by atoms with van der Waals surface area (Å²) in [7, 11) is 0. The predicted octanol–water partition coefficient (Wildman–Crippen LogP) is 3.50. The minimum atomic E-state index is -1.44. The van der Waals surface area contributed by atoms with E-state index in [4.69, 9.17) is 4.74 Å². The number of rotatable bonds is 4. The SMILES string of the molecule is O=C(O)c1c(Oc2ccccc2)nn(-c2ccccc2)c1F. The Morgan fingerprint density at radius 2 is 1.64 bits per heavy atom. The zero-order chi connectivity index (χ0) is 15.5. The Labute approximate surface area is 125 Å². The number of hydrogen-bond donors (Lipinski definition) is 1. The van der Waals surface area contributed by atoms with Crippen molar-refractivity contribution < 1.29 is 19.0 Å².